The van der Waals surface area contributed by atoms with E-state index in [1.807, 2.05) is 31.3 Å². The van der Waals surface area contributed by atoms with E-state index in [0.717, 1.165) is 43.4 Å². The van der Waals surface area contributed by atoms with Gasteiger partial charge in [0.2, 0.25) is 0 Å². The van der Waals surface area contributed by atoms with E-state index >= 15 is 0 Å². The Hall–Kier alpha value is -0.910. The van der Waals surface area contributed by atoms with Gasteiger partial charge in [0, 0.05) is 18.8 Å². The second kappa shape index (κ2) is 6.90. The zero-order valence-electron chi connectivity index (χ0n) is 12.8. The molecule has 1 aromatic rings. The van der Waals surface area contributed by atoms with Gasteiger partial charge in [-0.25, -0.2) is 8.42 Å². The van der Waals surface area contributed by atoms with Gasteiger partial charge < -0.3 is 5.11 Å². The molecule has 1 N–H and O–H groups in total. The number of hydrogen-bond acceptors (Lipinski definition) is 4. The quantitative estimate of drug-likeness (QED) is 0.903. The standard InChI is InChI=1S/C16H25NO3S/c1-17(11-13-7-9-14(12-18)10-8-13)15-5-3-4-6-16(15)21(2,19)20/h7-10,15-16,18H,3-6,11-12H2,1-2H3. The van der Waals surface area contributed by atoms with Gasteiger partial charge in [0.15, 0.2) is 9.84 Å². The first kappa shape index (κ1) is 16.5. The van der Waals surface area contributed by atoms with Crippen LogP contribution in [0.15, 0.2) is 24.3 Å². The number of rotatable bonds is 5. The average Bonchev–Trinajstić information content (AvgIpc) is 2.47. The SMILES string of the molecule is CN(Cc1ccc(CO)cc1)C1CCCCC1S(C)(=O)=O. The number of aliphatic hydroxyl groups excluding tert-OH is 1. The van der Waals surface area contributed by atoms with Crippen LogP contribution in [0.25, 0.3) is 0 Å². The third-order valence-electron chi connectivity index (χ3n) is 4.42. The van der Waals surface area contributed by atoms with Crippen molar-refractivity contribution in [2.75, 3.05) is 13.3 Å². The molecule has 0 radical (unpaired) electrons. The molecule has 2 atom stereocenters. The van der Waals surface area contributed by atoms with Crippen molar-refractivity contribution >= 4 is 9.84 Å². The van der Waals surface area contributed by atoms with Gasteiger partial charge in [0.05, 0.1) is 11.9 Å². The third-order valence-corrected chi connectivity index (χ3v) is 6.07. The Morgan fingerprint density at radius 3 is 2.29 bits per heavy atom. The maximum absolute atomic E-state index is 12.0. The van der Waals surface area contributed by atoms with Crippen LogP contribution in [0.5, 0.6) is 0 Å². The molecule has 0 aliphatic heterocycles. The van der Waals surface area contributed by atoms with Crippen LogP contribution < -0.4 is 0 Å². The maximum Gasteiger partial charge on any atom is 0.151 e. The van der Waals surface area contributed by atoms with Crippen LogP contribution in [0.3, 0.4) is 0 Å². The van der Waals surface area contributed by atoms with E-state index in [1.54, 1.807) is 0 Å². The summed E-state index contributed by atoms with van der Waals surface area (Å²) in [4.78, 5) is 2.17. The van der Waals surface area contributed by atoms with Gasteiger partial charge in [-0.2, -0.15) is 0 Å². The molecular weight excluding hydrogens is 286 g/mol. The Morgan fingerprint density at radius 2 is 1.71 bits per heavy atom. The fourth-order valence-electron chi connectivity index (χ4n) is 3.24. The molecule has 4 nitrogen and oxygen atoms in total. The molecule has 1 aliphatic rings. The average molecular weight is 311 g/mol. The van der Waals surface area contributed by atoms with Gasteiger partial charge >= 0.3 is 0 Å². The third kappa shape index (κ3) is 4.28. The highest BCUT2D eigenvalue weighted by Crippen LogP contribution is 2.28. The Kier molecular flexibility index (Phi) is 5.41. The molecule has 0 saturated heterocycles. The fourth-order valence-corrected chi connectivity index (χ4v) is 4.75. The highest BCUT2D eigenvalue weighted by Gasteiger charge is 2.34. The van der Waals surface area contributed by atoms with Crippen molar-refractivity contribution in [2.45, 2.75) is 50.1 Å². The van der Waals surface area contributed by atoms with Crippen molar-refractivity contribution in [1.29, 1.82) is 0 Å². The molecule has 2 rings (SSSR count). The summed E-state index contributed by atoms with van der Waals surface area (Å²) in [5.41, 5.74) is 2.04. The summed E-state index contributed by atoms with van der Waals surface area (Å²) >= 11 is 0. The summed E-state index contributed by atoms with van der Waals surface area (Å²) in [6, 6.07) is 7.93. The summed E-state index contributed by atoms with van der Waals surface area (Å²) < 4.78 is 24.0. The Morgan fingerprint density at radius 1 is 1.14 bits per heavy atom. The highest BCUT2D eigenvalue weighted by atomic mass is 32.2. The predicted octanol–water partition coefficient (Wildman–Crippen LogP) is 1.97. The lowest BCUT2D eigenvalue weighted by Gasteiger charge is -2.37. The number of hydrogen-bond donors (Lipinski definition) is 1. The minimum absolute atomic E-state index is 0.0505. The Balaban J connectivity index is 2.08. The van der Waals surface area contributed by atoms with Gasteiger partial charge in [-0.3, -0.25) is 4.90 Å². The second-order valence-corrected chi connectivity index (χ2v) is 8.37. The molecule has 0 amide bonds. The maximum atomic E-state index is 12.0. The van der Waals surface area contributed by atoms with E-state index in [4.69, 9.17) is 5.11 Å². The van der Waals surface area contributed by atoms with Crippen LogP contribution in [0.1, 0.15) is 36.8 Å². The summed E-state index contributed by atoms with van der Waals surface area (Å²) in [5, 5.41) is 8.82. The number of benzene rings is 1. The van der Waals surface area contributed by atoms with Crippen molar-refractivity contribution in [3.63, 3.8) is 0 Å². The van der Waals surface area contributed by atoms with Crippen LogP contribution in [0.4, 0.5) is 0 Å². The van der Waals surface area contributed by atoms with Crippen molar-refractivity contribution in [1.82, 2.24) is 4.90 Å². The molecule has 2 unspecified atom stereocenters. The molecule has 0 aromatic heterocycles. The molecule has 118 valence electrons. The van der Waals surface area contributed by atoms with Gasteiger partial charge in [0.1, 0.15) is 0 Å². The van der Waals surface area contributed by atoms with Crippen LogP contribution >= 0.6 is 0 Å². The van der Waals surface area contributed by atoms with E-state index in [-0.39, 0.29) is 17.9 Å². The molecule has 1 fully saturated rings. The zero-order valence-corrected chi connectivity index (χ0v) is 13.6. The lowest BCUT2D eigenvalue weighted by Crippen LogP contribution is -2.46. The molecule has 0 spiro atoms. The predicted molar refractivity (Wildman–Crippen MR) is 84.7 cm³/mol. The lowest BCUT2D eigenvalue weighted by molar-refractivity contribution is 0.187. The van der Waals surface area contributed by atoms with Crippen LogP contribution in [0.2, 0.25) is 0 Å². The molecule has 1 saturated carbocycles. The molecule has 0 heterocycles. The van der Waals surface area contributed by atoms with Crippen LogP contribution in [-0.4, -0.2) is 43.0 Å². The van der Waals surface area contributed by atoms with Gasteiger partial charge in [-0.05, 0) is 31.0 Å². The van der Waals surface area contributed by atoms with Crippen molar-refractivity contribution in [2.24, 2.45) is 0 Å². The zero-order chi connectivity index (χ0) is 15.5. The van der Waals surface area contributed by atoms with Crippen molar-refractivity contribution in [3.05, 3.63) is 35.4 Å². The van der Waals surface area contributed by atoms with Crippen LogP contribution in [0, 0.1) is 0 Å². The largest absolute Gasteiger partial charge is 0.392 e. The summed E-state index contributed by atoms with van der Waals surface area (Å²) in [6.07, 6.45) is 5.19. The molecule has 21 heavy (non-hydrogen) atoms. The molecule has 0 bridgehead atoms. The summed E-state index contributed by atoms with van der Waals surface area (Å²) in [6.45, 7) is 0.789. The topological polar surface area (TPSA) is 57.6 Å². The second-order valence-electron chi connectivity index (χ2n) is 6.11. The first-order valence-electron chi connectivity index (χ1n) is 7.49. The smallest absolute Gasteiger partial charge is 0.151 e. The fraction of sp³-hybridized carbons (Fsp3) is 0.625. The molecular formula is C16H25NO3S. The first-order valence-corrected chi connectivity index (χ1v) is 9.45. The molecule has 5 heteroatoms. The summed E-state index contributed by atoms with van der Waals surface area (Å²) in [5.74, 6) is 0. The van der Waals surface area contributed by atoms with Crippen molar-refractivity contribution < 1.29 is 13.5 Å². The monoisotopic (exact) mass is 311 g/mol. The van der Waals surface area contributed by atoms with Gasteiger partial charge in [-0.1, -0.05) is 37.1 Å². The van der Waals surface area contributed by atoms with E-state index in [2.05, 4.69) is 4.90 Å². The number of sulfone groups is 1. The van der Waals surface area contributed by atoms with E-state index in [0.29, 0.717) is 0 Å². The van der Waals surface area contributed by atoms with Gasteiger partial charge in [-0.15, -0.1) is 0 Å². The minimum atomic E-state index is -3.00. The normalized spacial score (nSPS) is 23.4. The molecule has 1 aliphatic carbocycles. The molecule has 1 aromatic carbocycles. The van der Waals surface area contributed by atoms with E-state index in [1.165, 1.54) is 6.26 Å². The Labute approximate surface area is 127 Å². The Bertz CT molecular complexity index is 553. The minimum Gasteiger partial charge on any atom is -0.392 e. The van der Waals surface area contributed by atoms with Gasteiger partial charge in [0.25, 0.3) is 0 Å². The number of aliphatic hydroxyl groups is 1. The highest BCUT2D eigenvalue weighted by molar-refractivity contribution is 7.91. The van der Waals surface area contributed by atoms with Crippen LogP contribution in [-0.2, 0) is 23.0 Å². The number of nitrogens with zero attached hydrogens (tertiary/aromatic N) is 1. The van der Waals surface area contributed by atoms with Crippen molar-refractivity contribution in [3.8, 4) is 0 Å². The summed E-state index contributed by atoms with van der Waals surface area (Å²) in [7, 11) is -0.990. The first-order chi connectivity index (χ1) is 9.91. The van der Waals surface area contributed by atoms with E-state index < -0.39 is 9.84 Å². The lowest BCUT2D eigenvalue weighted by atomic mass is 9.93. The van der Waals surface area contributed by atoms with E-state index in [9.17, 15) is 8.42 Å².